The third-order valence-corrected chi connectivity index (χ3v) is 5.88. The van der Waals surface area contributed by atoms with Crippen LogP contribution in [0.1, 0.15) is 59.4 Å². The smallest absolute Gasteiger partial charge is 0.258 e. The minimum atomic E-state index is 0.0618. The Morgan fingerprint density at radius 3 is 2.77 bits per heavy atom. The number of fused-ring (bicyclic) bond motifs is 1. The van der Waals surface area contributed by atoms with Crippen LogP contribution >= 0.6 is 0 Å². The van der Waals surface area contributed by atoms with Crippen molar-refractivity contribution in [3.05, 3.63) is 46.8 Å². The van der Waals surface area contributed by atoms with E-state index in [0.717, 1.165) is 31.4 Å². The summed E-state index contributed by atoms with van der Waals surface area (Å²) < 4.78 is 7.45. The van der Waals surface area contributed by atoms with Gasteiger partial charge in [0.15, 0.2) is 0 Å². The molecule has 0 N–H and O–H groups in total. The second-order valence-corrected chi connectivity index (χ2v) is 7.42. The highest BCUT2D eigenvalue weighted by Gasteiger charge is 2.31. The van der Waals surface area contributed by atoms with Gasteiger partial charge in [0.05, 0.1) is 24.9 Å². The molecule has 2 aliphatic rings. The first kappa shape index (κ1) is 17.1. The number of nitrogens with zero attached hydrogens (tertiary/aromatic N) is 3. The van der Waals surface area contributed by atoms with Crippen molar-refractivity contribution in [3.63, 3.8) is 0 Å². The molecule has 5 nitrogen and oxygen atoms in total. The number of carbonyl (C=O) groups excluding carboxylic acids is 1. The quantitative estimate of drug-likeness (QED) is 0.826. The van der Waals surface area contributed by atoms with Crippen LogP contribution in [0.4, 0.5) is 0 Å². The third kappa shape index (κ3) is 3.00. The summed E-state index contributed by atoms with van der Waals surface area (Å²) in [7, 11) is 3.65. The van der Waals surface area contributed by atoms with E-state index in [1.54, 1.807) is 7.11 Å². The highest BCUT2D eigenvalue weighted by molar-refractivity contribution is 5.97. The Morgan fingerprint density at radius 2 is 2.00 bits per heavy atom. The van der Waals surface area contributed by atoms with Crippen molar-refractivity contribution < 1.29 is 9.53 Å². The lowest BCUT2D eigenvalue weighted by molar-refractivity contribution is 0.0657. The Hall–Kier alpha value is -2.30. The molecule has 0 atom stereocenters. The molecule has 0 bridgehead atoms. The number of carbonyl (C=O) groups is 1. The maximum absolute atomic E-state index is 13.4. The summed E-state index contributed by atoms with van der Waals surface area (Å²) in [5.74, 6) is 0.707. The molecule has 1 saturated carbocycles. The summed E-state index contributed by atoms with van der Waals surface area (Å²) in [5, 5.41) is 4.75. The molecule has 0 spiro atoms. The zero-order valence-electron chi connectivity index (χ0n) is 15.7. The van der Waals surface area contributed by atoms with Crippen LogP contribution in [0, 0.1) is 0 Å². The number of aromatic nitrogens is 2. The van der Waals surface area contributed by atoms with Crippen molar-refractivity contribution in [3.8, 4) is 5.75 Å². The molecule has 1 aromatic carbocycles. The van der Waals surface area contributed by atoms with Crippen LogP contribution in [0.3, 0.4) is 0 Å². The Labute approximate surface area is 154 Å². The number of hydrogen-bond donors (Lipinski definition) is 0. The van der Waals surface area contributed by atoms with Crippen molar-refractivity contribution in [1.29, 1.82) is 0 Å². The number of amides is 1. The van der Waals surface area contributed by atoms with E-state index in [9.17, 15) is 4.79 Å². The lowest BCUT2D eigenvalue weighted by Gasteiger charge is -2.29. The van der Waals surface area contributed by atoms with Crippen LogP contribution in [0.25, 0.3) is 0 Å². The average Bonchev–Trinajstić information content (AvgIpc) is 3.40. The first-order chi connectivity index (χ1) is 12.7. The van der Waals surface area contributed by atoms with Gasteiger partial charge in [0.1, 0.15) is 5.75 Å². The molecule has 26 heavy (non-hydrogen) atoms. The Kier molecular flexibility index (Phi) is 4.70. The monoisotopic (exact) mass is 353 g/mol. The molecule has 2 aromatic rings. The van der Waals surface area contributed by atoms with Crippen molar-refractivity contribution in [2.24, 2.45) is 7.05 Å². The van der Waals surface area contributed by atoms with Gasteiger partial charge in [-0.2, -0.15) is 5.10 Å². The number of ether oxygens (including phenoxy) is 1. The third-order valence-electron chi connectivity index (χ3n) is 5.88. The first-order valence-electron chi connectivity index (χ1n) is 9.66. The maximum Gasteiger partial charge on any atom is 0.258 e. The molecule has 0 aliphatic heterocycles. The SMILES string of the molecule is COc1ccccc1C(=O)N(Cc1nn(C)c2c1CCC2)C1CCCC1. The molecule has 5 heteroatoms. The fraction of sp³-hybridized carbons (Fsp3) is 0.524. The van der Waals surface area contributed by atoms with Gasteiger partial charge in [-0.25, -0.2) is 0 Å². The van der Waals surface area contributed by atoms with E-state index in [0.29, 0.717) is 23.9 Å². The lowest BCUT2D eigenvalue weighted by atomic mass is 10.1. The second kappa shape index (κ2) is 7.14. The van der Waals surface area contributed by atoms with Crippen LogP contribution in [0.2, 0.25) is 0 Å². The summed E-state index contributed by atoms with van der Waals surface area (Å²) in [6.45, 7) is 0.602. The van der Waals surface area contributed by atoms with Gasteiger partial charge in [0.25, 0.3) is 5.91 Å². The number of benzene rings is 1. The molecule has 1 fully saturated rings. The van der Waals surface area contributed by atoms with E-state index in [1.807, 2.05) is 40.9 Å². The number of rotatable bonds is 5. The van der Waals surface area contributed by atoms with E-state index in [1.165, 1.54) is 30.5 Å². The van der Waals surface area contributed by atoms with Crippen LogP contribution < -0.4 is 4.74 Å². The zero-order chi connectivity index (χ0) is 18.1. The molecule has 0 unspecified atom stereocenters. The minimum absolute atomic E-state index is 0.0618. The molecule has 1 amide bonds. The highest BCUT2D eigenvalue weighted by Crippen LogP contribution is 2.31. The maximum atomic E-state index is 13.4. The van der Waals surface area contributed by atoms with E-state index in [-0.39, 0.29) is 5.91 Å². The van der Waals surface area contributed by atoms with Gasteiger partial charge < -0.3 is 9.64 Å². The van der Waals surface area contributed by atoms with Crippen LogP contribution in [0.5, 0.6) is 5.75 Å². The Bertz CT molecular complexity index is 806. The van der Waals surface area contributed by atoms with E-state index < -0.39 is 0 Å². The van der Waals surface area contributed by atoms with Gasteiger partial charge in [-0.05, 0) is 49.8 Å². The summed E-state index contributed by atoms with van der Waals surface area (Å²) >= 11 is 0. The highest BCUT2D eigenvalue weighted by atomic mass is 16.5. The zero-order valence-corrected chi connectivity index (χ0v) is 15.7. The number of aryl methyl sites for hydroxylation is 1. The standard InChI is InChI=1S/C21H27N3O2/c1-23-19-12-7-11-16(19)18(22-23)14-24(15-8-3-4-9-15)21(25)17-10-5-6-13-20(17)26-2/h5-6,10,13,15H,3-4,7-9,11-12,14H2,1-2H3. The molecule has 1 aromatic heterocycles. The summed E-state index contributed by atoms with van der Waals surface area (Å²) in [6, 6.07) is 7.83. The largest absolute Gasteiger partial charge is 0.496 e. The van der Waals surface area contributed by atoms with Crippen molar-refractivity contribution >= 4 is 5.91 Å². The molecule has 0 saturated heterocycles. The van der Waals surface area contributed by atoms with Gasteiger partial charge >= 0.3 is 0 Å². The predicted molar refractivity (Wildman–Crippen MR) is 100 cm³/mol. The topological polar surface area (TPSA) is 47.4 Å². The van der Waals surface area contributed by atoms with E-state index >= 15 is 0 Å². The predicted octanol–water partition coefficient (Wildman–Crippen LogP) is 3.50. The number of methoxy groups -OCH3 is 1. The Morgan fingerprint density at radius 1 is 1.23 bits per heavy atom. The second-order valence-electron chi connectivity index (χ2n) is 7.42. The molecule has 0 radical (unpaired) electrons. The molecule has 138 valence electrons. The fourth-order valence-corrected chi connectivity index (χ4v) is 4.54. The van der Waals surface area contributed by atoms with Gasteiger partial charge in [0.2, 0.25) is 0 Å². The van der Waals surface area contributed by atoms with Crippen LogP contribution in [-0.2, 0) is 26.4 Å². The Balaban J connectivity index is 1.67. The molecular weight excluding hydrogens is 326 g/mol. The fourth-order valence-electron chi connectivity index (χ4n) is 4.54. The van der Waals surface area contributed by atoms with Gasteiger partial charge in [-0.3, -0.25) is 9.48 Å². The molecule has 2 aliphatic carbocycles. The van der Waals surface area contributed by atoms with E-state index in [2.05, 4.69) is 0 Å². The summed E-state index contributed by atoms with van der Waals surface area (Å²) in [4.78, 5) is 15.5. The summed E-state index contributed by atoms with van der Waals surface area (Å²) in [5.41, 5.74) is 4.43. The average molecular weight is 353 g/mol. The van der Waals surface area contributed by atoms with Gasteiger partial charge in [0, 0.05) is 18.8 Å². The first-order valence-corrected chi connectivity index (χ1v) is 9.66. The normalized spacial score (nSPS) is 16.7. The van der Waals surface area contributed by atoms with Crippen molar-refractivity contribution in [2.45, 2.75) is 57.5 Å². The van der Waals surface area contributed by atoms with Crippen LogP contribution in [-0.4, -0.2) is 33.7 Å². The van der Waals surface area contributed by atoms with Gasteiger partial charge in [-0.1, -0.05) is 25.0 Å². The number of hydrogen-bond acceptors (Lipinski definition) is 3. The molecule has 1 heterocycles. The minimum Gasteiger partial charge on any atom is -0.496 e. The van der Waals surface area contributed by atoms with Crippen molar-refractivity contribution in [1.82, 2.24) is 14.7 Å². The van der Waals surface area contributed by atoms with Crippen molar-refractivity contribution in [2.75, 3.05) is 7.11 Å². The molecule has 4 rings (SSSR count). The van der Waals surface area contributed by atoms with Gasteiger partial charge in [-0.15, -0.1) is 0 Å². The van der Waals surface area contributed by atoms with E-state index in [4.69, 9.17) is 9.84 Å². The molecular formula is C21H27N3O2. The lowest BCUT2D eigenvalue weighted by Crippen LogP contribution is -2.38. The van der Waals surface area contributed by atoms with Crippen LogP contribution in [0.15, 0.2) is 24.3 Å². The summed E-state index contributed by atoms with van der Waals surface area (Å²) in [6.07, 6.45) is 7.92. The number of para-hydroxylation sites is 1.